The van der Waals surface area contributed by atoms with Crippen molar-refractivity contribution < 1.29 is 22.0 Å². The van der Waals surface area contributed by atoms with Gasteiger partial charge in [-0.2, -0.15) is 13.2 Å². The van der Waals surface area contributed by atoms with Crippen molar-refractivity contribution >= 4 is 11.6 Å². The second kappa shape index (κ2) is 3.73. The quantitative estimate of drug-likeness (QED) is 0.509. The predicted octanol–water partition coefficient (Wildman–Crippen LogP) is 3.72. The van der Waals surface area contributed by atoms with Crippen LogP contribution in [-0.4, -0.2) is 0 Å². The Balaban J connectivity index is 3.35. The molecule has 1 rings (SSSR count). The lowest BCUT2D eigenvalue weighted by Crippen LogP contribution is -2.10. The molecule has 0 aliphatic rings. The van der Waals surface area contributed by atoms with E-state index in [1.54, 1.807) is 0 Å². The molecular weight excluding hydrogens is 227 g/mol. The van der Waals surface area contributed by atoms with Gasteiger partial charge < -0.3 is 0 Å². The van der Waals surface area contributed by atoms with Gasteiger partial charge in [-0.25, -0.2) is 8.78 Å². The van der Waals surface area contributed by atoms with Crippen LogP contribution in [0.2, 0.25) is 0 Å². The predicted molar refractivity (Wildman–Crippen MR) is 40.9 cm³/mol. The molecular formula is C8H4ClF5. The molecule has 0 saturated carbocycles. The van der Waals surface area contributed by atoms with E-state index in [1.807, 2.05) is 0 Å². The van der Waals surface area contributed by atoms with Crippen molar-refractivity contribution in [2.45, 2.75) is 12.1 Å². The fourth-order valence-electron chi connectivity index (χ4n) is 0.929. The van der Waals surface area contributed by atoms with E-state index in [9.17, 15) is 22.0 Å². The lowest BCUT2D eigenvalue weighted by Gasteiger charge is -2.09. The van der Waals surface area contributed by atoms with E-state index in [0.29, 0.717) is 12.1 Å². The Bertz CT molecular complexity index is 344. The summed E-state index contributed by atoms with van der Waals surface area (Å²) >= 11 is 5.22. The minimum absolute atomic E-state index is 0.113. The van der Waals surface area contributed by atoms with E-state index >= 15 is 0 Å². The number of halogens is 6. The third-order valence-electron chi connectivity index (χ3n) is 1.55. The number of alkyl halides is 4. The van der Waals surface area contributed by atoms with Crippen LogP contribution in [0.4, 0.5) is 22.0 Å². The summed E-state index contributed by atoms with van der Waals surface area (Å²) in [6.07, 6.45) is -4.91. The highest BCUT2D eigenvalue weighted by molar-refractivity contribution is 6.17. The number of benzene rings is 1. The van der Waals surface area contributed by atoms with Crippen LogP contribution >= 0.6 is 11.6 Å². The van der Waals surface area contributed by atoms with Gasteiger partial charge in [0.15, 0.2) is 11.6 Å². The molecule has 0 radical (unpaired) electrons. The lowest BCUT2D eigenvalue weighted by atomic mass is 10.1. The van der Waals surface area contributed by atoms with Crippen molar-refractivity contribution in [1.29, 1.82) is 0 Å². The number of rotatable bonds is 1. The molecule has 0 unspecified atom stereocenters. The maximum absolute atomic E-state index is 12.7. The molecule has 0 nitrogen and oxygen atoms in total. The number of hydrogen-bond acceptors (Lipinski definition) is 0. The van der Waals surface area contributed by atoms with Gasteiger partial charge in [0.25, 0.3) is 0 Å². The van der Waals surface area contributed by atoms with Gasteiger partial charge in [0, 0.05) is 5.88 Å². The van der Waals surface area contributed by atoms with Crippen LogP contribution < -0.4 is 0 Å². The van der Waals surface area contributed by atoms with E-state index in [0.717, 1.165) is 0 Å². The van der Waals surface area contributed by atoms with E-state index in [-0.39, 0.29) is 11.4 Å². The fourth-order valence-corrected chi connectivity index (χ4v) is 1.08. The summed E-state index contributed by atoms with van der Waals surface area (Å²) in [5.41, 5.74) is -1.74. The first-order valence-corrected chi connectivity index (χ1v) is 4.00. The van der Waals surface area contributed by atoms with Gasteiger partial charge in [0.05, 0.1) is 5.56 Å². The fraction of sp³-hybridized carbons (Fsp3) is 0.250. The molecule has 0 aromatic heterocycles. The van der Waals surface area contributed by atoms with Crippen molar-refractivity contribution in [2.24, 2.45) is 0 Å². The topological polar surface area (TPSA) is 0 Å². The largest absolute Gasteiger partial charge is 0.419 e. The Morgan fingerprint density at radius 2 is 1.71 bits per heavy atom. The van der Waals surface area contributed by atoms with Gasteiger partial charge in [-0.1, -0.05) is 0 Å². The number of hydrogen-bond donors (Lipinski definition) is 0. The molecule has 1 aromatic rings. The smallest absolute Gasteiger partial charge is 0.204 e. The van der Waals surface area contributed by atoms with Crippen molar-refractivity contribution in [3.05, 3.63) is 34.9 Å². The summed E-state index contributed by atoms with van der Waals surface area (Å²) in [7, 11) is 0. The van der Waals surface area contributed by atoms with Crippen LogP contribution in [0.1, 0.15) is 11.1 Å². The van der Waals surface area contributed by atoms with Crippen LogP contribution in [0.3, 0.4) is 0 Å². The van der Waals surface area contributed by atoms with Crippen molar-refractivity contribution in [1.82, 2.24) is 0 Å². The second-order valence-corrected chi connectivity index (χ2v) is 2.84. The first-order chi connectivity index (χ1) is 6.36. The minimum Gasteiger partial charge on any atom is -0.204 e. The van der Waals surface area contributed by atoms with E-state index in [1.165, 1.54) is 0 Å². The standard InChI is InChI=1S/C8H4ClF5/c9-3-4-1-5(8(12,13)14)7(11)6(10)2-4/h1-2H,3H2. The first kappa shape index (κ1) is 11.2. The molecule has 0 heterocycles. The summed E-state index contributed by atoms with van der Waals surface area (Å²) < 4.78 is 61.6. The van der Waals surface area contributed by atoms with E-state index in [4.69, 9.17) is 11.6 Å². The summed E-state index contributed by atoms with van der Waals surface area (Å²) in [5, 5.41) is 0. The average Bonchev–Trinajstić information content (AvgIpc) is 2.07. The normalized spacial score (nSPS) is 11.9. The Kier molecular flexibility index (Phi) is 2.99. The molecule has 14 heavy (non-hydrogen) atoms. The summed E-state index contributed by atoms with van der Waals surface area (Å²) in [5.74, 6) is -3.75. The van der Waals surface area contributed by atoms with Gasteiger partial charge >= 0.3 is 6.18 Å². The monoisotopic (exact) mass is 230 g/mol. The van der Waals surface area contributed by atoms with Crippen LogP contribution in [-0.2, 0) is 12.1 Å². The van der Waals surface area contributed by atoms with Crippen LogP contribution in [0.25, 0.3) is 0 Å². The maximum atomic E-state index is 12.7. The average molecular weight is 231 g/mol. The van der Waals surface area contributed by atoms with Gasteiger partial charge in [-0.15, -0.1) is 11.6 Å². The third kappa shape index (κ3) is 2.15. The van der Waals surface area contributed by atoms with Crippen molar-refractivity contribution in [3.8, 4) is 0 Å². The van der Waals surface area contributed by atoms with Crippen molar-refractivity contribution in [2.75, 3.05) is 0 Å². The molecule has 0 fully saturated rings. The zero-order valence-corrected chi connectivity index (χ0v) is 7.39. The van der Waals surface area contributed by atoms with E-state index < -0.39 is 23.4 Å². The molecule has 6 heteroatoms. The molecule has 0 aliphatic heterocycles. The molecule has 0 N–H and O–H groups in total. The molecule has 1 aromatic carbocycles. The molecule has 0 bridgehead atoms. The van der Waals surface area contributed by atoms with Gasteiger partial charge in [-0.3, -0.25) is 0 Å². The molecule has 0 aliphatic carbocycles. The molecule has 0 atom stereocenters. The Morgan fingerprint density at radius 1 is 1.14 bits per heavy atom. The van der Waals surface area contributed by atoms with Crippen molar-refractivity contribution in [3.63, 3.8) is 0 Å². The van der Waals surface area contributed by atoms with Crippen LogP contribution in [0, 0.1) is 11.6 Å². The lowest BCUT2D eigenvalue weighted by molar-refractivity contribution is -0.140. The summed E-state index contributed by atoms with van der Waals surface area (Å²) in [6.45, 7) is 0. The highest BCUT2D eigenvalue weighted by Crippen LogP contribution is 2.33. The Labute approximate surface area is 81.3 Å². The van der Waals surface area contributed by atoms with Gasteiger partial charge in [0.1, 0.15) is 0 Å². The molecule has 78 valence electrons. The highest BCUT2D eigenvalue weighted by atomic mass is 35.5. The van der Waals surface area contributed by atoms with Gasteiger partial charge in [0.2, 0.25) is 0 Å². The third-order valence-corrected chi connectivity index (χ3v) is 1.86. The molecule has 0 spiro atoms. The Hall–Kier alpha value is -0.840. The summed E-state index contributed by atoms with van der Waals surface area (Å²) in [6, 6.07) is 1.13. The second-order valence-electron chi connectivity index (χ2n) is 2.57. The minimum atomic E-state index is -4.91. The zero-order valence-electron chi connectivity index (χ0n) is 6.63. The highest BCUT2D eigenvalue weighted by Gasteiger charge is 2.35. The maximum Gasteiger partial charge on any atom is 0.419 e. The Morgan fingerprint density at radius 3 is 2.14 bits per heavy atom. The van der Waals surface area contributed by atoms with Crippen LogP contribution in [0.5, 0.6) is 0 Å². The first-order valence-electron chi connectivity index (χ1n) is 3.47. The zero-order chi connectivity index (χ0) is 10.9. The van der Waals surface area contributed by atoms with Gasteiger partial charge in [-0.05, 0) is 17.7 Å². The molecule has 0 amide bonds. The summed E-state index contributed by atoms with van der Waals surface area (Å²) in [4.78, 5) is 0. The SMILES string of the molecule is Fc1cc(CCl)cc(C(F)(F)F)c1F. The molecule has 0 saturated heterocycles. The van der Waals surface area contributed by atoms with Crippen LogP contribution in [0.15, 0.2) is 12.1 Å². The van der Waals surface area contributed by atoms with E-state index in [2.05, 4.69) is 0 Å².